The largest absolute Gasteiger partial charge is 0.545 e. The zero-order chi connectivity index (χ0) is 9.70. The predicted octanol–water partition coefficient (Wildman–Crippen LogP) is -1.07. The number of carbonyl (C=O) groups is 1. The van der Waals surface area contributed by atoms with E-state index >= 15 is 0 Å². The van der Waals surface area contributed by atoms with Gasteiger partial charge in [-0.05, 0) is 19.2 Å². The summed E-state index contributed by atoms with van der Waals surface area (Å²) in [6, 6.07) is 0. The highest BCUT2D eigenvalue weighted by Gasteiger charge is 1.55. The predicted molar refractivity (Wildman–Crippen MR) is 37.8 cm³/mol. The number of hydrogen-bond donors (Lipinski definition) is 0. The first-order valence-corrected chi connectivity index (χ1v) is 2.22. The van der Waals surface area contributed by atoms with E-state index in [2.05, 4.69) is 19.7 Å². The van der Waals surface area contributed by atoms with Crippen LogP contribution in [0.2, 0.25) is 0 Å². The Balaban J connectivity index is -0.0000000933. The minimum Gasteiger partial charge on any atom is -0.545 e. The molecular formula is C7H7O4-. The second-order valence-corrected chi connectivity index (χ2v) is 0.812. The molecule has 0 N–H and O–H groups in total. The molecule has 0 atom stereocenters. The van der Waals surface area contributed by atoms with Gasteiger partial charge in [-0.3, -0.25) is 0 Å². The van der Waals surface area contributed by atoms with Gasteiger partial charge >= 0.3 is 0 Å². The van der Waals surface area contributed by atoms with Gasteiger partial charge in [0, 0.05) is 0 Å². The van der Waals surface area contributed by atoms with Crippen LogP contribution >= 0.6 is 0 Å². The second-order valence-electron chi connectivity index (χ2n) is 0.812. The molecule has 11 heavy (non-hydrogen) atoms. The van der Waals surface area contributed by atoms with Gasteiger partial charge in [0.25, 0.3) is 0 Å². The third kappa shape index (κ3) is 25000. The normalized spacial score (nSPS) is 4.36. The summed E-state index contributed by atoms with van der Waals surface area (Å²) in [5.74, 6) is 1.27. The standard InChI is InChI=1S/C3H4O2.2C2H2O/c1-2-3(4)5;2*1-2-3/h2H,1H2,(H,4,5);2*1H2/p-1. The van der Waals surface area contributed by atoms with Crippen molar-refractivity contribution in [1.29, 1.82) is 0 Å². The molecule has 0 rings (SSSR count). The maximum atomic E-state index is 9.14. The average Bonchev–Trinajstić information content (AvgIpc) is 1.91. The third-order valence-electron chi connectivity index (χ3n) is 0.167. The zero-order valence-corrected chi connectivity index (χ0v) is 5.83. The van der Waals surface area contributed by atoms with Crippen molar-refractivity contribution in [2.45, 2.75) is 0 Å². The summed E-state index contributed by atoms with van der Waals surface area (Å²) in [5.41, 5.74) is 0. The van der Waals surface area contributed by atoms with Gasteiger partial charge in [-0.25, -0.2) is 9.59 Å². The summed E-state index contributed by atoms with van der Waals surface area (Å²) >= 11 is 0. The Morgan fingerprint density at radius 2 is 1.36 bits per heavy atom. The van der Waals surface area contributed by atoms with E-state index < -0.39 is 5.97 Å². The molecule has 0 heterocycles. The van der Waals surface area contributed by atoms with E-state index in [4.69, 9.17) is 19.5 Å². The number of carboxylic acids is 1. The summed E-state index contributed by atoms with van der Waals surface area (Å²) in [7, 11) is 0. The lowest BCUT2D eigenvalue weighted by molar-refractivity contribution is -0.297. The van der Waals surface area contributed by atoms with Crippen LogP contribution in [0.25, 0.3) is 0 Å². The molecule has 60 valence electrons. The first-order valence-electron chi connectivity index (χ1n) is 2.22. The topological polar surface area (TPSA) is 74.3 Å². The van der Waals surface area contributed by atoms with E-state index in [0.717, 1.165) is 6.08 Å². The molecule has 4 nitrogen and oxygen atoms in total. The van der Waals surface area contributed by atoms with Crippen LogP contribution in [0.3, 0.4) is 0 Å². The number of aliphatic carboxylic acids is 1. The number of rotatable bonds is 1. The summed E-state index contributed by atoms with van der Waals surface area (Å²) < 4.78 is 0. The Morgan fingerprint density at radius 3 is 1.36 bits per heavy atom. The summed E-state index contributed by atoms with van der Waals surface area (Å²) in [4.78, 5) is 26.3. The minimum absolute atomic E-state index is 0.722. The van der Waals surface area contributed by atoms with Crippen LogP contribution in [0.15, 0.2) is 25.8 Å². The lowest BCUT2D eigenvalue weighted by Crippen LogP contribution is -2.17. The lowest BCUT2D eigenvalue weighted by Gasteiger charge is -1.81. The molecule has 0 aromatic rings. The van der Waals surface area contributed by atoms with Crippen molar-refractivity contribution in [3.8, 4) is 0 Å². The number of carbonyl (C=O) groups excluding carboxylic acids is 3. The van der Waals surface area contributed by atoms with Gasteiger partial charge in [0.1, 0.15) is 11.9 Å². The highest BCUT2D eigenvalue weighted by Crippen LogP contribution is 1.47. The maximum absolute atomic E-state index is 9.14. The zero-order valence-electron chi connectivity index (χ0n) is 5.83. The Morgan fingerprint density at radius 1 is 1.27 bits per heavy atom. The third-order valence-corrected chi connectivity index (χ3v) is 0.167. The van der Waals surface area contributed by atoms with Crippen molar-refractivity contribution in [3.05, 3.63) is 25.8 Å². The van der Waals surface area contributed by atoms with Crippen LogP contribution in [0, 0.1) is 0 Å². The molecule has 0 spiro atoms. The van der Waals surface area contributed by atoms with Crippen molar-refractivity contribution in [2.24, 2.45) is 0 Å². The molecule has 0 aromatic heterocycles. The average molecular weight is 155 g/mol. The van der Waals surface area contributed by atoms with Gasteiger partial charge in [-0.1, -0.05) is 6.58 Å². The Labute approximate surface area is 64.2 Å². The van der Waals surface area contributed by atoms with Crippen LogP contribution < -0.4 is 5.11 Å². The fourth-order valence-electron chi connectivity index (χ4n) is 0. The quantitative estimate of drug-likeness (QED) is 0.357. The van der Waals surface area contributed by atoms with E-state index in [1.165, 1.54) is 11.9 Å². The minimum atomic E-state index is -1.23. The van der Waals surface area contributed by atoms with Gasteiger partial charge in [0.05, 0.1) is 5.97 Å². The molecule has 0 amide bonds. The highest BCUT2D eigenvalue weighted by atomic mass is 16.4. The molecule has 4 heteroatoms. The smallest absolute Gasteiger partial charge is 0.116 e. The Bertz CT molecular complexity index is 157. The van der Waals surface area contributed by atoms with E-state index in [1.807, 2.05) is 0 Å². The van der Waals surface area contributed by atoms with Crippen LogP contribution in [-0.2, 0) is 14.4 Å². The molecule has 0 bridgehead atoms. The molecule has 0 aliphatic carbocycles. The molecule has 0 aromatic carbocycles. The van der Waals surface area contributed by atoms with E-state index in [-0.39, 0.29) is 0 Å². The maximum Gasteiger partial charge on any atom is 0.116 e. The highest BCUT2D eigenvalue weighted by molar-refractivity contribution is 5.76. The van der Waals surface area contributed by atoms with E-state index in [1.54, 1.807) is 0 Å². The van der Waals surface area contributed by atoms with Crippen molar-refractivity contribution in [2.75, 3.05) is 0 Å². The fourth-order valence-corrected chi connectivity index (χ4v) is 0. The van der Waals surface area contributed by atoms with E-state index in [0.29, 0.717) is 0 Å². The number of hydrogen-bond acceptors (Lipinski definition) is 4. The molecular weight excluding hydrogens is 148 g/mol. The first-order chi connectivity index (χ1) is 5.10. The second kappa shape index (κ2) is 24.3. The molecule has 0 fully saturated rings. The Kier molecular flexibility index (Phi) is 35.4. The summed E-state index contributed by atoms with van der Waals surface area (Å²) in [5, 5.41) is 9.14. The van der Waals surface area contributed by atoms with Gasteiger partial charge in [-0.2, -0.15) is 0 Å². The number of carboxylic acid groups (broad SMARTS) is 1. The summed E-state index contributed by atoms with van der Waals surface area (Å²) in [6.45, 7) is 8.26. The Hall–Kier alpha value is -1.89. The fraction of sp³-hybridized carbons (Fsp3) is 0. The molecule has 0 saturated heterocycles. The van der Waals surface area contributed by atoms with Crippen LogP contribution in [-0.4, -0.2) is 17.9 Å². The van der Waals surface area contributed by atoms with Crippen LogP contribution in [0.5, 0.6) is 0 Å². The van der Waals surface area contributed by atoms with Gasteiger partial charge < -0.3 is 9.90 Å². The lowest BCUT2D eigenvalue weighted by atomic mass is 10.7. The molecule has 0 aliphatic rings. The van der Waals surface area contributed by atoms with Gasteiger partial charge in [-0.15, -0.1) is 0 Å². The monoisotopic (exact) mass is 155 g/mol. The van der Waals surface area contributed by atoms with Gasteiger partial charge in [0.2, 0.25) is 0 Å². The van der Waals surface area contributed by atoms with Crippen molar-refractivity contribution < 1.29 is 19.5 Å². The van der Waals surface area contributed by atoms with Crippen molar-refractivity contribution >= 4 is 17.9 Å². The van der Waals surface area contributed by atoms with Gasteiger partial charge in [0.15, 0.2) is 0 Å². The van der Waals surface area contributed by atoms with E-state index in [9.17, 15) is 0 Å². The molecule has 0 radical (unpaired) electrons. The first kappa shape index (κ1) is 16.1. The van der Waals surface area contributed by atoms with Crippen molar-refractivity contribution in [1.82, 2.24) is 0 Å². The molecule has 0 aliphatic heterocycles. The molecule has 0 unspecified atom stereocenters. The SMILES string of the molecule is C=C=O.C=C=O.C=CC(=O)[O-]. The summed E-state index contributed by atoms with van der Waals surface area (Å²) in [6.07, 6.45) is 0.722. The van der Waals surface area contributed by atoms with Crippen molar-refractivity contribution in [3.63, 3.8) is 0 Å². The van der Waals surface area contributed by atoms with Crippen LogP contribution in [0.1, 0.15) is 0 Å². The molecule has 0 saturated carbocycles. The van der Waals surface area contributed by atoms with Crippen LogP contribution in [0.4, 0.5) is 0 Å².